The molecular weight excluding hydrogens is 267 g/mol. The first-order valence-corrected chi connectivity index (χ1v) is 4.83. The zero-order valence-electron chi connectivity index (χ0n) is 9.10. The van der Waals surface area contributed by atoms with Crippen molar-refractivity contribution in [2.75, 3.05) is 5.73 Å². The summed E-state index contributed by atoms with van der Waals surface area (Å²) in [6.07, 6.45) is -4.52. The first kappa shape index (κ1) is 12.9. The van der Waals surface area contributed by atoms with Gasteiger partial charge in [-0.3, -0.25) is 0 Å². The molecule has 2 aromatic rings. The van der Waals surface area contributed by atoms with E-state index in [0.717, 1.165) is 12.1 Å². The van der Waals surface area contributed by atoms with Crippen LogP contribution in [0.3, 0.4) is 0 Å². The molecule has 0 fully saturated rings. The van der Waals surface area contributed by atoms with E-state index in [1.54, 1.807) is 0 Å². The van der Waals surface area contributed by atoms with Crippen LogP contribution in [-0.4, -0.2) is 21.2 Å². The van der Waals surface area contributed by atoms with Gasteiger partial charge in [-0.1, -0.05) is 0 Å². The third-order valence-corrected chi connectivity index (χ3v) is 2.23. The number of benzene rings is 1. The highest BCUT2D eigenvalue weighted by Gasteiger charge is 2.31. The van der Waals surface area contributed by atoms with Crippen molar-refractivity contribution in [1.29, 1.82) is 0 Å². The van der Waals surface area contributed by atoms with Crippen LogP contribution in [-0.2, 0) is 6.18 Å². The van der Waals surface area contributed by atoms with Crippen molar-refractivity contribution in [3.8, 4) is 11.5 Å². The molecule has 0 radical (unpaired) electrons. The van der Waals surface area contributed by atoms with Gasteiger partial charge in [0.2, 0.25) is 0 Å². The molecule has 100 valence electrons. The van der Waals surface area contributed by atoms with Gasteiger partial charge in [-0.2, -0.15) is 18.2 Å². The van der Waals surface area contributed by atoms with Gasteiger partial charge in [0.05, 0.1) is 11.1 Å². The van der Waals surface area contributed by atoms with E-state index in [0.29, 0.717) is 6.07 Å². The largest absolute Gasteiger partial charge is 0.475 e. The minimum atomic E-state index is -4.52. The lowest BCUT2D eigenvalue weighted by Crippen LogP contribution is -2.06. The predicted octanol–water partition coefficient (Wildman–Crippen LogP) is 2.04. The number of nitrogen functional groups attached to an aromatic ring is 1. The average Bonchev–Trinajstić information content (AvgIpc) is 2.76. The van der Waals surface area contributed by atoms with Gasteiger partial charge in [-0.05, 0) is 23.4 Å². The van der Waals surface area contributed by atoms with Gasteiger partial charge in [-0.25, -0.2) is 4.79 Å². The normalized spacial score (nSPS) is 11.5. The Morgan fingerprint density at radius 3 is 2.53 bits per heavy atom. The fourth-order valence-electron chi connectivity index (χ4n) is 1.35. The highest BCUT2D eigenvalue weighted by atomic mass is 19.4. The number of rotatable bonds is 2. The van der Waals surface area contributed by atoms with Crippen LogP contribution >= 0.6 is 0 Å². The molecule has 19 heavy (non-hydrogen) atoms. The quantitative estimate of drug-likeness (QED) is 0.811. The van der Waals surface area contributed by atoms with E-state index in [-0.39, 0.29) is 17.1 Å². The highest BCUT2D eigenvalue weighted by Crippen LogP contribution is 2.34. The van der Waals surface area contributed by atoms with E-state index in [9.17, 15) is 18.0 Å². The molecule has 6 nitrogen and oxygen atoms in total. The molecule has 0 bridgehead atoms. The summed E-state index contributed by atoms with van der Waals surface area (Å²) in [5.41, 5.74) is 4.33. The summed E-state index contributed by atoms with van der Waals surface area (Å²) >= 11 is 0. The van der Waals surface area contributed by atoms with Crippen molar-refractivity contribution in [3.63, 3.8) is 0 Å². The Morgan fingerprint density at radius 1 is 1.37 bits per heavy atom. The Balaban J connectivity index is 2.43. The van der Waals surface area contributed by atoms with Crippen molar-refractivity contribution in [2.45, 2.75) is 6.18 Å². The number of alkyl halides is 3. The summed E-state index contributed by atoms with van der Waals surface area (Å²) in [5.74, 6) is -2.28. The lowest BCUT2D eigenvalue weighted by Gasteiger charge is -2.08. The Bertz CT molecular complexity index is 636. The van der Waals surface area contributed by atoms with Crippen molar-refractivity contribution < 1.29 is 27.6 Å². The van der Waals surface area contributed by atoms with Crippen molar-refractivity contribution in [3.05, 3.63) is 29.6 Å². The summed E-state index contributed by atoms with van der Waals surface area (Å²) in [5, 5.41) is 11.7. The van der Waals surface area contributed by atoms with E-state index in [1.807, 2.05) is 0 Å². The summed E-state index contributed by atoms with van der Waals surface area (Å²) < 4.78 is 41.9. The number of carboxylic acid groups (broad SMARTS) is 1. The van der Waals surface area contributed by atoms with Crippen LogP contribution in [0.1, 0.15) is 16.2 Å². The second kappa shape index (κ2) is 4.26. The number of nitrogens with two attached hydrogens (primary N) is 1. The topological polar surface area (TPSA) is 102 Å². The number of hydrogen-bond acceptors (Lipinski definition) is 5. The second-order valence-electron chi connectivity index (χ2n) is 3.53. The van der Waals surface area contributed by atoms with Gasteiger partial charge >= 0.3 is 12.1 Å². The number of carbonyl (C=O) groups is 1. The summed E-state index contributed by atoms with van der Waals surface area (Å²) in [7, 11) is 0. The summed E-state index contributed by atoms with van der Waals surface area (Å²) in [6, 6.07) is 2.54. The molecule has 0 saturated carbocycles. The minimum Gasteiger partial charge on any atom is -0.475 e. The van der Waals surface area contributed by atoms with Gasteiger partial charge in [0.15, 0.2) is 0 Å². The highest BCUT2D eigenvalue weighted by molar-refractivity contribution is 5.84. The summed E-state index contributed by atoms with van der Waals surface area (Å²) in [4.78, 5) is 14.0. The number of nitrogens with zero attached hydrogens (tertiary/aromatic N) is 2. The smallest absolute Gasteiger partial charge is 0.416 e. The van der Waals surface area contributed by atoms with Crippen LogP contribution in [0.15, 0.2) is 22.7 Å². The predicted molar refractivity (Wildman–Crippen MR) is 56.1 cm³/mol. The first-order valence-electron chi connectivity index (χ1n) is 4.83. The number of anilines is 1. The number of aromatic nitrogens is 2. The SMILES string of the molecule is Nc1cc(C(F)(F)F)ccc1-c1nc(C(=O)O)no1. The maximum atomic E-state index is 12.4. The first-order chi connectivity index (χ1) is 8.79. The van der Waals surface area contributed by atoms with Gasteiger partial charge in [0.25, 0.3) is 11.7 Å². The third-order valence-electron chi connectivity index (χ3n) is 2.23. The molecule has 1 aromatic carbocycles. The number of aromatic carboxylic acids is 1. The number of halogens is 3. The molecule has 0 aliphatic heterocycles. The molecule has 0 aliphatic carbocycles. The van der Waals surface area contributed by atoms with Crippen LogP contribution in [0.25, 0.3) is 11.5 Å². The van der Waals surface area contributed by atoms with Gasteiger partial charge < -0.3 is 15.4 Å². The fraction of sp³-hybridized carbons (Fsp3) is 0.100. The van der Waals surface area contributed by atoms with Crippen LogP contribution < -0.4 is 5.73 Å². The number of hydrogen-bond donors (Lipinski definition) is 2. The maximum Gasteiger partial charge on any atom is 0.416 e. The monoisotopic (exact) mass is 273 g/mol. The molecule has 0 aliphatic rings. The Hall–Kier alpha value is -2.58. The van der Waals surface area contributed by atoms with Crippen molar-refractivity contribution >= 4 is 11.7 Å². The zero-order chi connectivity index (χ0) is 14.2. The Morgan fingerprint density at radius 2 is 2.05 bits per heavy atom. The molecular formula is C10H6F3N3O3. The molecule has 1 aromatic heterocycles. The van der Waals surface area contributed by atoms with Crippen LogP contribution in [0, 0.1) is 0 Å². The van der Waals surface area contributed by atoms with Crippen molar-refractivity contribution in [2.24, 2.45) is 0 Å². The fourth-order valence-corrected chi connectivity index (χ4v) is 1.35. The van der Waals surface area contributed by atoms with Gasteiger partial charge in [-0.15, -0.1) is 0 Å². The Kier molecular flexibility index (Phi) is 2.89. The maximum absolute atomic E-state index is 12.4. The van der Waals surface area contributed by atoms with E-state index >= 15 is 0 Å². The zero-order valence-corrected chi connectivity index (χ0v) is 9.10. The molecule has 0 saturated heterocycles. The molecule has 0 atom stereocenters. The molecule has 0 spiro atoms. The molecule has 0 amide bonds. The van der Waals surface area contributed by atoms with Gasteiger partial charge in [0.1, 0.15) is 0 Å². The van der Waals surface area contributed by atoms with E-state index in [2.05, 4.69) is 14.7 Å². The third kappa shape index (κ3) is 2.49. The Labute approximate surface area is 103 Å². The number of carboxylic acids is 1. The molecule has 3 N–H and O–H groups in total. The minimum absolute atomic E-state index is 0.0352. The lowest BCUT2D eigenvalue weighted by molar-refractivity contribution is -0.137. The molecule has 9 heteroatoms. The molecule has 1 heterocycles. The second-order valence-corrected chi connectivity index (χ2v) is 3.53. The van der Waals surface area contributed by atoms with Crippen molar-refractivity contribution in [1.82, 2.24) is 10.1 Å². The van der Waals surface area contributed by atoms with Crippen LogP contribution in [0.2, 0.25) is 0 Å². The van der Waals surface area contributed by atoms with Crippen LogP contribution in [0.4, 0.5) is 18.9 Å². The van der Waals surface area contributed by atoms with E-state index in [4.69, 9.17) is 10.8 Å². The summed E-state index contributed by atoms with van der Waals surface area (Å²) in [6.45, 7) is 0. The molecule has 2 rings (SSSR count). The standard InChI is InChI=1S/C10H6F3N3O3/c11-10(12,13)4-1-2-5(6(14)3-4)8-15-7(9(17)18)16-19-8/h1-3H,14H2,(H,17,18). The average molecular weight is 273 g/mol. The van der Waals surface area contributed by atoms with Crippen LogP contribution in [0.5, 0.6) is 0 Å². The lowest BCUT2D eigenvalue weighted by atomic mass is 10.1. The van der Waals surface area contributed by atoms with E-state index < -0.39 is 23.5 Å². The van der Waals surface area contributed by atoms with Gasteiger partial charge in [0, 0.05) is 5.69 Å². The van der Waals surface area contributed by atoms with E-state index in [1.165, 1.54) is 0 Å². The molecule has 0 unspecified atom stereocenters.